The van der Waals surface area contributed by atoms with E-state index in [9.17, 15) is 23.1 Å². The number of hydrogen-bond acceptors (Lipinski definition) is 4. The van der Waals surface area contributed by atoms with Crippen molar-refractivity contribution in [1.29, 1.82) is 0 Å². The van der Waals surface area contributed by atoms with Crippen molar-refractivity contribution in [3.8, 4) is 0 Å². The van der Waals surface area contributed by atoms with E-state index in [-0.39, 0.29) is 23.7 Å². The van der Waals surface area contributed by atoms with Gasteiger partial charge in [0.2, 0.25) is 0 Å². The zero-order chi connectivity index (χ0) is 25.0. The fourth-order valence-corrected chi connectivity index (χ4v) is 5.21. The molecule has 2 aromatic carbocycles. The first-order chi connectivity index (χ1) is 16.1. The quantitative estimate of drug-likeness (QED) is 0.308. The van der Waals surface area contributed by atoms with Gasteiger partial charge in [-0.25, -0.2) is 4.79 Å². The Morgan fingerprint density at radius 1 is 1.06 bits per heavy atom. The minimum atomic E-state index is -4.36. The van der Waals surface area contributed by atoms with Gasteiger partial charge in [-0.15, -0.1) is 11.8 Å². The standard InChI is InChI=1S/C27H31F3O3S/c1-5-17-12-18(6-2)24(19(7-3)13-17)25-22(31)14-23(33-26(25)32)16(4)15-34-21-10-8-20(9-11-21)27(28,29)30/h8-13,16,23,31H,5-7,14-15H2,1-4H3. The van der Waals surface area contributed by atoms with Gasteiger partial charge < -0.3 is 9.84 Å². The van der Waals surface area contributed by atoms with Gasteiger partial charge >= 0.3 is 12.1 Å². The largest absolute Gasteiger partial charge is 0.511 e. The van der Waals surface area contributed by atoms with Crippen LogP contribution in [-0.2, 0) is 35.0 Å². The van der Waals surface area contributed by atoms with Crippen LogP contribution in [0.4, 0.5) is 13.2 Å². The Kier molecular flexibility index (Phi) is 8.39. The summed E-state index contributed by atoms with van der Waals surface area (Å²) >= 11 is 1.40. The van der Waals surface area contributed by atoms with Gasteiger partial charge in [0.1, 0.15) is 17.4 Å². The van der Waals surface area contributed by atoms with Gasteiger partial charge in [0.15, 0.2) is 0 Å². The molecule has 0 aromatic heterocycles. The van der Waals surface area contributed by atoms with Crippen molar-refractivity contribution in [1.82, 2.24) is 0 Å². The maximum Gasteiger partial charge on any atom is 0.416 e. The molecule has 2 atom stereocenters. The van der Waals surface area contributed by atoms with Crippen LogP contribution in [0.25, 0.3) is 5.57 Å². The molecule has 1 N–H and O–H groups in total. The third-order valence-corrected chi connectivity index (χ3v) is 7.55. The fourth-order valence-electron chi connectivity index (χ4n) is 4.21. The number of esters is 1. The number of carbonyl (C=O) groups excluding carboxylic acids is 1. The van der Waals surface area contributed by atoms with Gasteiger partial charge in [0.25, 0.3) is 0 Å². The van der Waals surface area contributed by atoms with Crippen LogP contribution in [0, 0.1) is 5.92 Å². The Hall–Kier alpha value is -2.41. The van der Waals surface area contributed by atoms with E-state index in [0.29, 0.717) is 10.6 Å². The van der Waals surface area contributed by atoms with E-state index in [1.807, 2.05) is 20.8 Å². The van der Waals surface area contributed by atoms with Crippen molar-refractivity contribution in [2.75, 3.05) is 5.75 Å². The fraction of sp³-hybridized carbons (Fsp3) is 0.444. The average molecular weight is 493 g/mol. The number of aliphatic hydroxyl groups is 1. The molecule has 1 heterocycles. The minimum absolute atomic E-state index is 0.0429. The molecule has 3 nitrogen and oxygen atoms in total. The summed E-state index contributed by atoms with van der Waals surface area (Å²) in [7, 11) is 0. The lowest BCUT2D eigenvalue weighted by Crippen LogP contribution is -2.32. The van der Waals surface area contributed by atoms with Gasteiger partial charge in [-0.05, 0) is 65.8 Å². The van der Waals surface area contributed by atoms with E-state index in [1.165, 1.54) is 29.5 Å². The highest BCUT2D eigenvalue weighted by Gasteiger charge is 2.35. The number of hydrogen-bond donors (Lipinski definition) is 1. The summed E-state index contributed by atoms with van der Waals surface area (Å²) < 4.78 is 44.0. The van der Waals surface area contributed by atoms with Gasteiger partial charge in [-0.2, -0.15) is 13.2 Å². The van der Waals surface area contributed by atoms with E-state index < -0.39 is 23.8 Å². The molecule has 0 aliphatic carbocycles. The third-order valence-electron chi connectivity index (χ3n) is 6.26. The SMILES string of the molecule is CCc1cc(CC)c(C2=C(O)CC(C(C)CSc3ccc(C(F)(F)F)cc3)OC2=O)c(CC)c1. The van der Waals surface area contributed by atoms with E-state index in [0.717, 1.165) is 48.1 Å². The molecule has 2 unspecified atom stereocenters. The van der Waals surface area contributed by atoms with Gasteiger partial charge in [0, 0.05) is 23.0 Å². The lowest BCUT2D eigenvalue weighted by Gasteiger charge is -2.30. The smallest absolute Gasteiger partial charge is 0.416 e. The topological polar surface area (TPSA) is 46.5 Å². The number of benzene rings is 2. The van der Waals surface area contributed by atoms with Crippen LogP contribution in [0.3, 0.4) is 0 Å². The summed E-state index contributed by atoms with van der Waals surface area (Å²) in [5.41, 5.74) is 3.62. The van der Waals surface area contributed by atoms with Crippen molar-refractivity contribution in [3.63, 3.8) is 0 Å². The number of aryl methyl sites for hydroxylation is 3. The molecule has 3 rings (SSSR count). The van der Waals surface area contributed by atoms with Crippen molar-refractivity contribution in [2.24, 2.45) is 5.92 Å². The van der Waals surface area contributed by atoms with Crippen LogP contribution >= 0.6 is 11.8 Å². The molecular formula is C27H31F3O3S. The van der Waals surface area contributed by atoms with Crippen LogP contribution in [-0.4, -0.2) is 22.9 Å². The minimum Gasteiger partial charge on any atom is -0.511 e. The maximum absolute atomic E-state index is 13.1. The molecule has 2 aromatic rings. The first-order valence-electron chi connectivity index (χ1n) is 11.7. The number of thioether (sulfide) groups is 1. The Morgan fingerprint density at radius 3 is 2.12 bits per heavy atom. The Balaban J connectivity index is 1.76. The van der Waals surface area contributed by atoms with Crippen molar-refractivity contribution >= 4 is 23.3 Å². The summed E-state index contributed by atoms with van der Waals surface area (Å²) in [5.74, 6) is -0.0360. The summed E-state index contributed by atoms with van der Waals surface area (Å²) in [4.78, 5) is 13.8. The van der Waals surface area contributed by atoms with E-state index in [1.54, 1.807) is 0 Å². The predicted molar refractivity (Wildman–Crippen MR) is 130 cm³/mol. The highest BCUT2D eigenvalue weighted by Crippen LogP contribution is 2.37. The van der Waals surface area contributed by atoms with Crippen molar-refractivity contribution < 1.29 is 27.8 Å². The van der Waals surface area contributed by atoms with Crippen LogP contribution in [0.1, 0.15) is 61.9 Å². The molecule has 0 fully saturated rings. The zero-order valence-electron chi connectivity index (χ0n) is 20.0. The lowest BCUT2D eigenvalue weighted by molar-refractivity contribution is -0.145. The number of aliphatic hydroxyl groups excluding tert-OH is 1. The van der Waals surface area contributed by atoms with E-state index >= 15 is 0 Å². The number of rotatable bonds is 8. The predicted octanol–water partition coefficient (Wildman–Crippen LogP) is 7.41. The normalized spacial score (nSPS) is 17.6. The van der Waals surface area contributed by atoms with Crippen molar-refractivity contribution in [2.45, 2.75) is 70.6 Å². The van der Waals surface area contributed by atoms with Gasteiger partial charge in [0.05, 0.1) is 5.56 Å². The Morgan fingerprint density at radius 2 is 1.65 bits per heavy atom. The number of carbonyl (C=O) groups is 1. The number of halogens is 3. The van der Waals surface area contributed by atoms with E-state index in [4.69, 9.17) is 4.74 Å². The average Bonchev–Trinajstić information content (AvgIpc) is 2.81. The molecule has 0 radical (unpaired) electrons. The molecule has 0 bridgehead atoms. The second kappa shape index (κ2) is 10.9. The van der Waals surface area contributed by atoms with Crippen LogP contribution in [0.15, 0.2) is 47.1 Å². The summed E-state index contributed by atoms with van der Waals surface area (Å²) in [6.07, 6.45) is -2.26. The highest BCUT2D eigenvalue weighted by atomic mass is 32.2. The highest BCUT2D eigenvalue weighted by molar-refractivity contribution is 7.99. The molecule has 184 valence electrons. The second-order valence-electron chi connectivity index (χ2n) is 8.63. The Labute approximate surface area is 203 Å². The third kappa shape index (κ3) is 5.80. The lowest BCUT2D eigenvalue weighted by atomic mass is 9.86. The molecule has 34 heavy (non-hydrogen) atoms. The Bertz CT molecular complexity index is 1030. The number of ether oxygens (including phenoxy) is 1. The van der Waals surface area contributed by atoms with Crippen LogP contribution < -0.4 is 0 Å². The maximum atomic E-state index is 13.1. The first-order valence-corrected chi connectivity index (χ1v) is 12.7. The first kappa shape index (κ1) is 26.2. The van der Waals surface area contributed by atoms with Crippen LogP contribution in [0.5, 0.6) is 0 Å². The molecule has 0 spiro atoms. The summed E-state index contributed by atoms with van der Waals surface area (Å²) in [6, 6.07) is 9.21. The molecule has 0 saturated heterocycles. The molecule has 1 aliphatic heterocycles. The monoisotopic (exact) mass is 492 g/mol. The number of cyclic esters (lactones) is 1. The second-order valence-corrected chi connectivity index (χ2v) is 9.72. The van der Waals surface area contributed by atoms with Crippen molar-refractivity contribution in [3.05, 3.63) is 70.0 Å². The molecule has 1 aliphatic rings. The van der Waals surface area contributed by atoms with Gasteiger partial charge in [-0.3, -0.25) is 0 Å². The van der Waals surface area contributed by atoms with Gasteiger partial charge in [-0.1, -0.05) is 39.8 Å². The molecule has 0 amide bonds. The van der Waals surface area contributed by atoms with E-state index in [2.05, 4.69) is 19.1 Å². The zero-order valence-corrected chi connectivity index (χ0v) is 20.8. The molecule has 0 saturated carbocycles. The molecule has 7 heteroatoms. The summed E-state index contributed by atoms with van der Waals surface area (Å²) in [5, 5.41) is 10.9. The number of alkyl halides is 3. The summed E-state index contributed by atoms with van der Waals surface area (Å²) in [6.45, 7) is 8.08. The van der Waals surface area contributed by atoms with Crippen LogP contribution in [0.2, 0.25) is 0 Å². The molecular weight excluding hydrogens is 461 g/mol.